The zero-order valence-electron chi connectivity index (χ0n) is 19.6. The van der Waals surface area contributed by atoms with E-state index in [2.05, 4.69) is 6.58 Å². The summed E-state index contributed by atoms with van der Waals surface area (Å²) in [4.78, 5) is 40.4. The molecule has 1 aromatic rings. The van der Waals surface area contributed by atoms with Crippen LogP contribution in [0.2, 0.25) is 0 Å². The van der Waals surface area contributed by atoms with Gasteiger partial charge in [-0.15, -0.1) is 12.4 Å². The van der Waals surface area contributed by atoms with Crippen molar-refractivity contribution >= 4 is 36.5 Å². The number of nitrogens with zero attached hydrogens (tertiary/aromatic N) is 2. The van der Waals surface area contributed by atoms with Crippen LogP contribution < -0.4 is 5.73 Å². The minimum absolute atomic E-state index is 0. The van der Waals surface area contributed by atoms with Crippen molar-refractivity contribution < 1.29 is 24.2 Å². The molecule has 2 heterocycles. The Bertz CT molecular complexity index is 962. The summed E-state index contributed by atoms with van der Waals surface area (Å²) in [5, 5.41) is 9.91. The largest absolute Gasteiger partial charge is 0.465 e. The minimum Gasteiger partial charge on any atom is -0.465 e. The van der Waals surface area contributed by atoms with Gasteiger partial charge in [-0.3, -0.25) is 9.69 Å². The highest BCUT2D eigenvalue weighted by atomic mass is 35.5. The summed E-state index contributed by atoms with van der Waals surface area (Å²) < 4.78 is 4.85. The first-order valence-electron chi connectivity index (χ1n) is 11.8. The number of nitrogens with two attached hydrogens (primary N) is 1. The number of carbonyl (C=O) groups is 3. The fourth-order valence-electron chi connectivity index (χ4n) is 5.86. The number of ketones is 1. The van der Waals surface area contributed by atoms with Crippen LogP contribution in [0, 0.1) is 5.92 Å². The van der Waals surface area contributed by atoms with Gasteiger partial charge in [-0.1, -0.05) is 44.1 Å². The van der Waals surface area contributed by atoms with Gasteiger partial charge < -0.3 is 20.5 Å². The van der Waals surface area contributed by atoms with E-state index in [-0.39, 0.29) is 42.7 Å². The van der Waals surface area contributed by atoms with Gasteiger partial charge in [0, 0.05) is 19.0 Å². The molecule has 1 aliphatic carbocycles. The number of halogens is 1. The van der Waals surface area contributed by atoms with Crippen LogP contribution in [0.4, 0.5) is 9.59 Å². The molecule has 1 saturated heterocycles. The number of rotatable bonds is 5. The van der Waals surface area contributed by atoms with Crippen LogP contribution in [0.1, 0.15) is 72.7 Å². The van der Waals surface area contributed by atoms with Gasteiger partial charge >= 0.3 is 12.2 Å². The highest BCUT2D eigenvalue weighted by molar-refractivity contribution is 5.94. The smallest absolute Gasteiger partial charge is 0.409 e. The van der Waals surface area contributed by atoms with E-state index in [1.807, 2.05) is 12.1 Å². The number of carbonyl (C=O) groups excluding carboxylic acids is 2. The number of likely N-dealkylation sites (tertiary alicyclic amines) is 1. The topological polar surface area (TPSA) is 113 Å². The molecule has 1 aromatic carbocycles. The summed E-state index contributed by atoms with van der Waals surface area (Å²) >= 11 is 0. The quantitative estimate of drug-likeness (QED) is 0.634. The predicted molar refractivity (Wildman–Crippen MR) is 131 cm³/mol. The molecule has 8 nitrogen and oxygen atoms in total. The first-order chi connectivity index (χ1) is 15.9. The molecule has 3 N–H and O–H groups in total. The highest BCUT2D eigenvalue weighted by Crippen LogP contribution is 2.42. The highest BCUT2D eigenvalue weighted by Gasteiger charge is 2.43. The summed E-state index contributed by atoms with van der Waals surface area (Å²) in [5.41, 5.74) is 9.81. The first kappa shape index (κ1) is 26.0. The van der Waals surface area contributed by atoms with Gasteiger partial charge in [0.05, 0.1) is 19.7 Å². The fraction of sp³-hybridized carbons (Fsp3) is 0.560. The van der Waals surface area contributed by atoms with Gasteiger partial charge in [0.1, 0.15) is 6.04 Å². The van der Waals surface area contributed by atoms with Crippen LogP contribution >= 0.6 is 12.4 Å². The lowest BCUT2D eigenvalue weighted by molar-refractivity contribution is -0.126. The second-order valence-corrected chi connectivity index (χ2v) is 9.38. The maximum Gasteiger partial charge on any atom is 0.409 e. The Kier molecular flexibility index (Phi) is 8.25. The summed E-state index contributed by atoms with van der Waals surface area (Å²) in [5.74, 6) is -0.0182. The van der Waals surface area contributed by atoms with Crippen molar-refractivity contribution in [2.75, 3.05) is 20.2 Å². The average molecular weight is 492 g/mol. The Morgan fingerprint density at radius 2 is 1.85 bits per heavy atom. The van der Waals surface area contributed by atoms with E-state index in [0.717, 1.165) is 55.2 Å². The Morgan fingerprint density at radius 3 is 2.47 bits per heavy atom. The molecule has 3 aliphatic rings. The van der Waals surface area contributed by atoms with E-state index in [1.54, 1.807) is 11.0 Å². The van der Waals surface area contributed by atoms with Gasteiger partial charge in [-0.2, -0.15) is 0 Å². The summed E-state index contributed by atoms with van der Waals surface area (Å²) in [6, 6.07) is 2.27. The lowest BCUT2D eigenvalue weighted by Crippen LogP contribution is -2.45. The number of fused-ring (bicyclic) bond motifs is 1. The van der Waals surface area contributed by atoms with Gasteiger partial charge in [0.15, 0.2) is 5.78 Å². The van der Waals surface area contributed by atoms with Crippen LogP contribution in [-0.4, -0.2) is 59.1 Å². The second kappa shape index (κ2) is 10.8. The van der Waals surface area contributed by atoms with E-state index in [1.165, 1.54) is 12.0 Å². The molecule has 0 bridgehead atoms. The molecule has 1 saturated carbocycles. The molecule has 186 valence electrons. The number of carboxylic acid groups (broad SMARTS) is 1. The maximum atomic E-state index is 13.5. The molecule has 4 rings (SSSR count). The third-order valence-electron chi connectivity index (χ3n) is 7.63. The number of Topliss-reactive ketones (excluding diaryl/α,β-unsaturated/α-hetero) is 1. The normalized spacial score (nSPS) is 23.1. The Labute approximate surface area is 206 Å². The zero-order chi connectivity index (χ0) is 23.7. The molecule has 0 aromatic heterocycles. The van der Waals surface area contributed by atoms with Crippen molar-refractivity contribution in [2.24, 2.45) is 11.7 Å². The van der Waals surface area contributed by atoms with E-state index >= 15 is 0 Å². The molecule has 2 fully saturated rings. The van der Waals surface area contributed by atoms with E-state index in [9.17, 15) is 19.5 Å². The number of methoxy groups -OCH3 is 1. The van der Waals surface area contributed by atoms with Crippen molar-refractivity contribution in [1.29, 1.82) is 0 Å². The molecule has 2 amide bonds. The van der Waals surface area contributed by atoms with Crippen LogP contribution in [0.3, 0.4) is 0 Å². The second-order valence-electron chi connectivity index (χ2n) is 9.38. The van der Waals surface area contributed by atoms with Gasteiger partial charge in [-0.25, -0.2) is 9.59 Å². The summed E-state index contributed by atoms with van der Waals surface area (Å²) in [6.45, 7) is 5.24. The van der Waals surface area contributed by atoms with E-state index in [4.69, 9.17) is 10.5 Å². The lowest BCUT2D eigenvalue weighted by atomic mass is 9.80. The monoisotopic (exact) mass is 491 g/mol. The van der Waals surface area contributed by atoms with Crippen LogP contribution in [0.5, 0.6) is 0 Å². The predicted octanol–water partition coefficient (Wildman–Crippen LogP) is 4.32. The molecule has 9 heteroatoms. The van der Waals surface area contributed by atoms with Crippen LogP contribution in [0.25, 0.3) is 6.08 Å². The van der Waals surface area contributed by atoms with Crippen molar-refractivity contribution in [2.45, 2.75) is 63.1 Å². The molecule has 2 aliphatic heterocycles. The SMILES string of the molecule is C=Cc1c(C2CCN(C(=O)OC)C2)ccc2c1CN(C(=O)O)C2C(=O)[C@@H](N)C1CCCCC1.Cl. The van der Waals surface area contributed by atoms with E-state index in [0.29, 0.717) is 18.7 Å². The molecule has 34 heavy (non-hydrogen) atoms. The maximum absolute atomic E-state index is 13.5. The van der Waals surface area contributed by atoms with Gasteiger partial charge in [0.2, 0.25) is 0 Å². The Balaban J connectivity index is 0.00000324. The van der Waals surface area contributed by atoms with Crippen molar-refractivity contribution in [3.05, 3.63) is 41.0 Å². The van der Waals surface area contributed by atoms with E-state index < -0.39 is 18.2 Å². The molecule has 0 radical (unpaired) electrons. The van der Waals surface area contributed by atoms with Gasteiger partial charge in [0.25, 0.3) is 0 Å². The number of hydrogen-bond acceptors (Lipinski definition) is 5. The third kappa shape index (κ3) is 4.66. The molecular formula is C25H34ClN3O5. The average Bonchev–Trinajstić information content (AvgIpc) is 3.48. The number of ether oxygens (including phenoxy) is 1. The molecule has 0 spiro atoms. The minimum atomic E-state index is -1.13. The Hall–Kier alpha value is -2.58. The molecular weight excluding hydrogens is 458 g/mol. The van der Waals surface area contributed by atoms with Crippen molar-refractivity contribution in [3.63, 3.8) is 0 Å². The molecule has 2 unspecified atom stereocenters. The van der Waals surface area contributed by atoms with Crippen LogP contribution in [0.15, 0.2) is 18.7 Å². The summed E-state index contributed by atoms with van der Waals surface area (Å²) in [6.07, 6.45) is 6.14. The molecule has 3 atom stereocenters. The van der Waals surface area contributed by atoms with Gasteiger partial charge in [-0.05, 0) is 47.4 Å². The lowest BCUT2D eigenvalue weighted by Gasteiger charge is -2.30. The third-order valence-corrected chi connectivity index (χ3v) is 7.63. The zero-order valence-corrected chi connectivity index (χ0v) is 20.4. The number of amides is 2. The number of benzene rings is 1. The van der Waals surface area contributed by atoms with Crippen LogP contribution in [-0.2, 0) is 16.1 Å². The van der Waals surface area contributed by atoms with Crippen molar-refractivity contribution in [1.82, 2.24) is 9.80 Å². The Morgan fingerprint density at radius 1 is 1.18 bits per heavy atom. The number of hydrogen-bond donors (Lipinski definition) is 2. The van der Waals surface area contributed by atoms with Crippen molar-refractivity contribution in [3.8, 4) is 0 Å². The first-order valence-corrected chi connectivity index (χ1v) is 11.8. The summed E-state index contributed by atoms with van der Waals surface area (Å²) in [7, 11) is 1.37. The standard InChI is InChI=1S/C25H33N3O5.ClH/c1-3-17-18(16-11-12-27(13-16)25(32)33-2)9-10-19-20(17)14-28(24(30)31)22(19)23(29)21(26)15-7-5-4-6-8-15;/h3,9-10,15-16,21-22H,1,4-8,11-14,26H2,2H3,(H,30,31);1H/t16?,21-,22?;/m0./s1. The fourth-order valence-corrected chi connectivity index (χ4v) is 5.86.